The first-order chi connectivity index (χ1) is 9.47. The SMILES string of the molecule is CNCc1ccccc1S(=O)(=O)NCCCCC(C)C. The number of benzene rings is 1. The Hall–Kier alpha value is -0.910. The van der Waals surface area contributed by atoms with Gasteiger partial charge < -0.3 is 5.32 Å². The zero-order valence-corrected chi connectivity index (χ0v) is 13.5. The molecular weight excluding hydrogens is 272 g/mol. The van der Waals surface area contributed by atoms with Crippen molar-refractivity contribution in [3.63, 3.8) is 0 Å². The molecular formula is C15H26N2O2S. The van der Waals surface area contributed by atoms with Crippen molar-refractivity contribution >= 4 is 10.0 Å². The Morgan fingerprint density at radius 3 is 2.50 bits per heavy atom. The van der Waals surface area contributed by atoms with Gasteiger partial charge in [-0.3, -0.25) is 0 Å². The summed E-state index contributed by atoms with van der Waals surface area (Å²) in [6.07, 6.45) is 3.07. The molecule has 0 aromatic heterocycles. The van der Waals surface area contributed by atoms with E-state index in [-0.39, 0.29) is 0 Å². The van der Waals surface area contributed by atoms with Crippen LogP contribution in [0.15, 0.2) is 29.2 Å². The van der Waals surface area contributed by atoms with E-state index >= 15 is 0 Å². The maximum Gasteiger partial charge on any atom is 0.240 e. The maximum absolute atomic E-state index is 12.3. The topological polar surface area (TPSA) is 58.2 Å². The van der Waals surface area contributed by atoms with Gasteiger partial charge in [0.25, 0.3) is 0 Å². The molecule has 0 bridgehead atoms. The maximum atomic E-state index is 12.3. The lowest BCUT2D eigenvalue weighted by Crippen LogP contribution is -2.26. The third kappa shape index (κ3) is 5.61. The van der Waals surface area contributed by atoms with Gasteiger partial charge in [-0.2, -0.15) is 0 Å². The highest BCUT2D eigenvalue weighted by Gasteiger charge is 2.16. The van der Waals surface area contributed by atoms with Crippen molar-refractivity contribution in [2.75, 3.05) is 13.6 Å². The Morgan fingerprint density at radius 1 is 1.15 bits per heavy atom. The van der Waals surface area contributed by atoms with Gasteiger partial charge in [0.2, 0.25) is 10.0 Å². The fraction of sp³-hybridized carbons (Fsp3) is 0.600. The van der Waals surface area contributed by atoms with Crippen LogP contribution in [0, 0.1) is 5.92 Å². The summed E-state index contributed by atoms with van der Waals surface area (Å²) in [5, 5.41) is 2.99. The Kier molecular flexibility index (Phi) is 7.19. The summed E-state index contributed by atoms with van der Waals surface area (Å²) >= 11 is 0. The molecule has 2 N–H and O–H groups in total. The predicted octanol–water partition coefficient (Wildman–Crippen LogP) is 2.51. The smallest absolute Gasteiger partial charge is 0.240 e. The molecule has 0 amide bonds. The molecule has 0 unspecified atom stereocenters. The molecule has 0 aliphatic carbocycles. The summed E-state index contributed by atoms with van der Waals surface area (Å²) in [5.41, 5.74) is 0.796. The van der Waals surface area contributed by atoms with Crippen molar-refractivity contribution in [1.82, 2.24) is 10.0 Å². The number of nitrogens with one attached hydrogen (secondary N) is 2. The molecule has 1 aromatic carbocycles. The van der Waals surface area contributed by atoms with Crippen LogP contribution in [0.1, 0.15) is 38.7 Å². The molecule has 0 radical (unpaired) electrons. The van der Waals surface area contributed by atoms with Gasteiger partial charge in [0.05, 0.1) is 4.90 Å². The van der Waals surface area contributed by atoms with E-state index in [1.165, 1.54) is 0 Å². The van der Waals surface area contributed by atoms with Crippen molar-refractivity contribution < 1.29 is 8.42 Å². The average Bonchev–Trinajstić information content (AvgIpc) is 2.38. The fourth-order valence-electron chi connectivity index (χ4n) is 2.06. The molecule has 0 saturated carbocycles. The minimum Gasteiger partial charge on any atom is -0.316 e. The van der Waals surface area contributed by atoms with E-state index in [4.69, 9.17) is 0 Å². The normalized spacial score (nSPS) is 12.0. The summed E-state index contributed by atoms with van der Waals surface area (Å²) in [6.45, 7) is 5.41. The molecule has 4 nitrogen and oxygen atoms in total. The van der Waals surface area contributed by atoms with Crippen LogP contribution in [0.5, 0.6) is 0 Å². The standard InChI is InChI=1S/C15H26N2O2S/c1-13(2)8-6-7-11-17-20(18,19)15-10-5-4-9-14(15)12-16-3/h4-5,9-10,13,16-17H,6-8,11-12H2,1-3H3. The van der Waals surface area contributed by atoms with Gasteiger partial charge in [0.15, 0.2) is 0 Å². The minimum atomic E-state index is -3.40. The van der Waals surface area contributed by atoms with Crippen molar-refractivity contribution in [1.29, 1.82) is 0 Å². The summed E-state index contributed by atoms with van der Waals surface area (Å²) in [7, 11) is -1.60. The zero-order valence-electron chi connectivity index (χ0n) is 12.6. The largest absolute Gasteiger partial charge is 0.316 e. The summed E-state index contributed by atoms with van der Waals surface area (Å²) in [5.74, 6) is 0.669. The molecule has 5 heteroatoms. The number of unbranched alkanes of at least 4 members (excludes halogenated alkanes) is 1. The van der Waals surface area contributed by atoms with Gasteiger partial charge in [0, 0.05) is 13.1 Å². The van der Waals surface area contributed by atoms with Gasteiger partial charge in [-0.25, -0.2) is 13.1 Å². The second-order valence-corrected chi connectivity index (χ2v) is 7.16. The molecule has 0 spiro atoms. The molecule has 114 valence electrons. The van der Waals surface area contributed by atoms with E-state index in [1.807, 2.05) is 19.2 Å². The van der Waals surface area contributed by atoms with Crippen LogP contribution in [0.25, 0.3) is 0 Å². The molecule has 0 atom stereocenters. The number of sulfonamides is 1. The quantitative estimate of drug-likeness (QED) is 0.689. The molecule has 1 rings (SSSR count). The van der Waals surface area contributed by atoms with Crippen LogP contribution in [0.4, 0.5) is 0 Å². The van der Waals surface area contributed by atoms with Crippen LogP contribution in [-0.2, 0) is 16.6 Å². The summed E-state index contributed by atoms with van der Waals surface area (Å²) in [6, 6.07) is 7.10. The predicted molar refractivity (Wildman–Crippen MR) is 83.1 cm³/mol. The van der Waals surface area contributed by atoms with Gasteiger partial charge in [-0.05, 0) is 31.0 Å². The molecule has 0 heterocycles. The monoisotopic (exact) mass is 298 g/mol. The second kappa shape index (κ2) is 8.39. The lowest BCUT2D eigenvalue weighted by Gasteiger charge is -2.11. The highest BCUT2D eigenvalue weighted by atomic mass is 32.2. The van der Waals surface area contributed by atoms with E-state index in [0.717, 1.165) is 24.8 Å². The lowest BCUT2D eigenvalue weighted by atomic mass is 10.1. The molecule has 0 saturated heterocycles. The third-order valence-electron chi connectivity index (χ3n) is 3.13. The highest BCUT2D eigenvalue weighted by molar-refractivity contribution is 7.89. The molecule has 1 aromatic rings. The number of hydrogen-bond acceptors (Lipinski definition) is 3. The van der Waals surface area contributed by atoms with Crippen LogP contribution in [0.2, 0.25) is 0 Å². The Labute approximate surface area is 123 Å². The second-order valence-electron chi connectivity index (χ2n) is 5.43. The van der Waals surface area contributed by atoms with E-state index in [9.17, 15) is 8.42 Å². The van der Waals surface area contributed by atoms with Crippen LogP contribution in [-0.4, -0.2) is 22.0 Å². The number of hydrogen-bond donors (Lipinski definition) is 2. The first kappa shape index (κ1) is 17.1. The number of rotatable bonds is 9. The van der Waals surface area contributed by atoms with Gasteiger partial charge in [0.1, 0.15) is 0 Å². The summed E-state index contributed by atoms with van der Waals surface area (Å²) < 4.78 is 27.3. The Bertz CT molecular complexity index is 498. The van der Waals surface area contributed by atoms with Gasteiger partial charge in [-0.1, -0.05) is 44.9 Å². The highest BCUT2D eigenvalue weighted by Crippen LogP contribution is 2.15. The fourth-order valence-corrected chi connectivity index (χ4v) is 3.38. The van der Waals surface area contributed by atoms with Crippen LogP contribution in [0.3, 0.4) is 0 Å². The van der Waals surface area contributed by atoms with Crippen molar-refractivity contribution in [2.24, 2.45) is 5.92 Å². The molecule has 0 fully saturated rings. The molecule has 0 aliphatic rings. The van der Waals surface area contributed by atoms with Crippen LogP contribution < -0.4 is 10.0 Å². The first-order valence-electron chi connectivity index (χ1n) is 7.19. The van der Waals surface area contributed by atoms with E-state index in [1.54, 1.807) is 12.1 Å². The van der Waals surface area contributed by atoms with Crippen LogP contribution >= 0.6 is 0 Å². The van der Waals surface area contributed by atoms with Crippen molar-refractivity contribution in [3.05, 3.63) is 29.8 Å². The van der Waals surface area contributed by atoms with Crippen molar-refractivity contribution in [3.8, 4) is 0 Å². The molecule has 0 aliphatic heterocycles. The molecule has 20 heavy (non-hydrogen) atoms. The lowest BCUT2D eigenvalue weighted by molar-refractivity contribution is 0.530. The van der Waals surface area contributed by atoms with E-state index in [2.05, 4.69) is 23.9 Å². The third-order valence-corrected chi connectivity index (χ3v) is 4.69. The first-order valence-corrected chi connectivity index (χ1v) is 8.68. The van der Waals surface area contributed by atoms with Gasteiger partial charge in [-0.15, -0.1) is 0 Å². The Morgan fingerprint density at radius 2 is 1.85 bits per heavy atom. The average molecular weight is 298 g/mol. The van der Waals surface area contributed by atoms with Gasteiger partial charge >= 0.3 is 0 Å². The minimum absolute atomic E-state index is 0.373. The van der Waals surface area contributed by atoms with Crippen molar-refractivity contribution in [2.45, 2.75) is 44.6 Å². The van der Waals surface area contributed by atoms with E-state index in [0.29, 0.717) is 23.9 Å². The summed E-state index contributed by atoms with van der Waals surface area (Å²) in [4.78, 5) is 0.373. The zero-order chi connectivity index (χ0) is 15.0. The van der Waals surface area contributed by atoms with E-state index < -0.39 is 10.0 Å². The Balaban J connectivity index is 2.60.